The van der Waals surface area contributed by atoms with Gasteiger partial charge in [-0.2, -0.15) is 0 Å². The summed E-state index contributed by atoms with van der Waals surface area (Å²) in [5.74, 6) is -0.0184. The average Bonchev–Trinajstić information content (AvgIpc) is 3.44. The molecule has 9 nitrogen and oxygen atoms in total. The molecule has 3 aromatic rings. The van der Waals surface area contributed by atoms with Crippen LogP contribution in [0, 0.1) is 10.1 Å². The van der Waals surface area contributed by atoms with Crippen LogP contribution in [0.2, 0.25) is 0 Å². The molecule has 0 bridgehead atoms. The van der Waals surface area contributed by atoms with Crippen molar-refractivity contribution in [2.24, 2.45) is 7.05 Å². The SMILES string of the molecule is CCCN(CC(=O)N(Cc1ccco1)Cc1cccn1C)C(=O)c1cccc([N+](=O)[O-])c1. The number of hydrogen-bond donors (Lipinski definition) is 0. The average molecular weight is 438 g/mol. The summed E-state index contributed by atoms with van der Waals surface area (Å²) in [7, 11) is 1.90. The summed E-state index contributed by atoms with van der Waals surface area (Å²) >= 11 is 0. The molecule has 0 radical (unpaired) electrons. The second kappa shape index (κ2) is 10.4. The van der Waals surface area contributed by atoms with Gasteiger partial charge in [0.1, 0.15) is 12.3 Å². The molecule has 0 fully saturated rings. The highest BCUT2D eigenvalue weighted by Crippen LogP contribution is 2.16. The lowest BCUT2D eigenvalue weighted by Gasteiger charge is -2.27. The summed E-state index contributed by atoms with van der Waals surface area (Å²) in [4.78, 5) is 39.9. The van der Waals surface area contributed by atoms with Crippen molar-refractivity contribution < 1.29 is 18.9 Å². The molecule has 0 saturated heterocycles. The van der Waals surface area contributed by atoms with Crippen LogP contribution in [0.25, 0.3) is 0 Å². The standard InChI is InChI=1S/C23H26N4O5/c1-3-11-25(23(29)18-7-4-8-19(14-18)27(30)31)17-22(28)26(16-21-10-6-13-32-21)15-20-9-5-12-24(20)2/h4-10,12-14H,3,11,15-17H2,1-2H3. The lowest BCUT2D eigenvalue weighted by molar-refractivity contribution is -0.384. The third kappa shape index (κ3) is 5.63. The Morgan fingerprint density at radius 2 is 1.91 bits per heavy atom. The molecule has 1 aromatic carbocycles. The molecular weight excluding hydrogens is 412 g/mol. The van der Waals surface area contributed by atoms with Crippen LogP contribution in [-0.2, 0) is 24.9 Å². The number of carbonyl (C=O) groups is 2. The molecule has 0 aliphatic heterocycles. The summed E-state index contributed by atoms with van der Waals surface area (Å²) in [5.41, 5.74) is 0.958. The van der Waals surface area contributed by atoms with Gasteiger partial charge in [0, 0.05) is 43.2 Å². The zero-order valence-electron chi connectivity index (χ0n) is 18.1. The van der Waals surface area contributed by atoms with Crippen molar-refractivity contribution in [3.8, 4) is 0 Å². The van der Waals surface area contributed by atoms with Crippen LogP contribution >= 0.6 is 0 Å². The van der Waals surface area contributed by atoms with E-state index < -0.39 is 10.8 Å². The molecule has 0 aliphatic rings. The van der Waals surface area contributed by atoms with Gasteiger partial charge in [-0.1, -0.05) is 13.0 Å². The lowest BCUT2D eigenvalue weighted by Crippen LogP contribution is -2.43. The number of amides is 2. The summed E-state index contributed by atoms with van der Waals surface area (Å²) in [6.45, 7) is 2.74. The Kier molecular flexibility index (Phi) is 7.43. The monoisotopic (exact) mass is 438 g/mol. The summed E-state index contributed by atoms with van der Waals surface area (Å²) in [6.07, 6.45) is 4.10. The third-order valence-electron chi connectivity index (χ3n) is 5.09. The minimum atomic E-state index is -0.545. The van der Waals surface area contributed by atoms with Crippen LogP contribution in [-0.4, -0.2) is 44.2 Å². The van der Waals surface area contributed by atoms with Gasteiger partial charge >= 0.3 is 0 Å². The molecule has 0 atom stereocenters. The van der Waals surface area contributed by atoms with Crippen molar-refractivity contribution in [1.82, 2.24) is 14.4 Å². The van der Waals surface area contributed by atoms with Gasteiger partial charge in [-0.15, -0.1) is 0 Å². The number of furan rings is 1. The first-order valence-corrected chi connectivity index (χ1v) is 10.3. The predicted molar refractivity (Wildman–Crippen MR) is 118 cm³/mol. The topological polar surface area (TPSA) is 102 Å². The first-order chi connectivity index (χ1) is 15.4. The quantitative estimate of drug-likeness (QED) is 0.355. The molecule has 9 heteroatoms. The zero-order chi connectivity index (χ0) is 23.1. The molecule has 0 unspecified atom stereocenters. The maximum absolute atomic E-state index is 13.3. The minimum absolute atomic E-state index is 0.138. The highest BCUT2D eigenvalue weighted by atomic mass is 16.6. The molecule has 0 aliphatic carbocycles. The molecule has 0 saturated carbocycles. The van der Waals surface area contributed by atoms with Crippen molar-refractivity contribution in [3.63, 3.8) is 0 Å². The van der Waals surface area contributed by atoms with Crippen molar-refractivity contribution in [1.29, 1.82) is 0 Å². The lowest BCUT2D eigenvalue weighted by atomic mass is 10.1. The number of nitro benzene ring substituents is 1. The fourth-order valence-corrected chi connectivity index (χ4v) is 3.40. The number of rotatable bonds is 10. The first kappa shape index (κ1) is 22.8. The van der Waals surface area contributed by atoms with E-state index in [0.29, 0.717) is 25.3 Å². The fraction of sp³-hybridized carbons (Fsp3) is 0.304. The molecule has 2 amide bonds. The van der Waals surface area contributed by atoms with Crippen molar-refractivity contribution in [2.45, 2.75) is 26.4 Å². The van der Waals surface area contributed by atoms with Gasteiger partial charge in [0.25, 0.3) is 11.6 Å². The van der Waals surface area contributed by atoms with Gasteiger partial charge in [0.05, 0.1) is 24.3 Å². The number of carbonyl (C=O) groups excluding carboxylic acids is 2. The molecule has 168 valence electrons. The summed E-state index contributed by atoms with van der Waals surface area (Å²) < 4.78 is 7.35. The second-order valence-corrected chi connectivity index (χ2v) is 7.47. The number of non-ortho nitro benzene ring substituents is 1. The fourth-order valence-electron chi connectivity index (χ4n) is 3.40. The normalized spacial score (nSPS) is 10.7. The molecule has 0 spiro atoms. The van der Waals surface area contributed by atoms with Crippen molar-refractivity contribution >= 4 is 17.5 Å². The maximum Gasteiger partial charge on any atom is 0.270 e. The summed E-state index contributed by atoms with van der Waals surface area (Å²) in [5, 5.41) is 11.1. The molecule has 2 aromatic heterocycles. The Balaban J connectivity index is 1.80. The number of aromatic nitrogens is 1. The Labute approximate surface area is 186 Å². The van der Waals surface area contributed by atoms with E-state index in [2.05, 4.69) is 0 Å². The number of benzene rings is 1. The first-order valence-electron chi connectivity index (χ1n) is 10.3. The number of nitro groups is 1. The van der Waals surface area contributed by atoms with Crippen LogP contribution in [0.4, 0.5) is 5.69 Å². The van der Waals surface area contributed by atoms with Crippen molar-refractivity contribution in [3.05, 3.63) is 88.1 Å². The Hall–Kier alpha value is -3.88. The molecule has 32 heavy (non-hydrogen) atoms. The largest absolute Gasteiger partial charge is 0.467 e. The van der Waals surface area contributed by atoms with Gasteiger partial charge in [-0.3, -0.25) is 19.7 Å². The van der Waals surface area contributed by atoms with Crippen LogP contribution in [0.3, 0.4) is 0 Å². The number of nitrogens with zero attached hydrogens (tertiary/aromatic N) is 4. The highest BCUT2D eigenvalue weighted by Gasteiger charge is 2.24. The van der Waals surface area contributed by atoms with E-state index >= 15 is 0 Å². The van der Waals surface area contributed by atoms with Crippen molar-refractivity contribution in [2.75, 3.05) is 13.1 Å². The van der Waals surface area contributed by atoms with E-state index in [9.17, 15) is 19.7 Å². The zero-order valence-corrected chi connectivity index (χ0v) is 18.1. The number of hydrogen-bond acceptors (Lipinski definition) is 5. The molecular formula is C23H26N4O5. The third-order valence-corrected chi connectivity index (χ3v) is 5.09. The van der Waals surface area contributed by atoms with Gasteiger partial charge in [0.15, 0.2) is 0 Å². The van der Waals surface area contributed by atoms with E-state index in [1.807, 2.05) is 36.9 Å². The summed E-state index contributed by atoms with van der Waals surface area (Å²) in [6, 6.07) is 12.9. The number of aryl methyl sites for hydroxylation is 1. The van der Waals surface area contributed by atoms with Crippen LogP contribution < -0.4 is 0 Å². The predicted octanol–water partition coefficient (Wildman–Crippen LogP) is 3.61. The highest BCUT2D eigenvalue weighted by molar-refractivity contribution is 5.97. The van der Waals surface area contributed by atoms with E-state index in [4.69, 9.17) is 4.42 Å². The van der Waals surface area contributed by atoms with E-state index in [1.165, 1.54) is 29.2 Å². The molecule has 3 rings (SSSR count). The van der Waals surface area contributed by atoms with Gasteiger partial charge < -0.3 is 18.8 Å². The van der Waals surface area contributed by atoms with Gasteiger partial charge in [-0.25, -0.2) is 0 Å². The van der Waals surface area contributed by atoms with Crippen LogP contribution in [0.5, 0.6) is 0 Å². The molecule has 0 N–H and O–H groups in total. The Bertz CT molecular complexity index is 1070. The van der Waals surface area contributed by atoms with Gasteiger partial charge in [0.2, 0.25) is 5.91 Å². The maximum atomic E-state index is 13.3. The van der Waals surface area contributed by atoms with Crippen LogP contribution in [0.15, 0.2) is 65.4 Å². The van der Waals surface area contributed by atoms with E-state index in [1.54, 1.807) is 23.3 Å². The minimum Gasteiger partial charge on any atom is -0.467 e. The second-order valence-electron chi connectivity index (χ2n) is 7.47. The Morgan fingerprint density at radius 1 is 1.09 bits per heavy atom. The van der Waals surface area contributed by atoms with E-state index in [-0.39, 0.29) is 30.2 Å². The molecule has 2 heterocycles. The van der Waals surface area contributed by atoms with E-state index in [0.717, 1.165) is 5.69 Å². The Morgan fingerprint density at radius 3 is 2.53 bits per heavy atom. The smallest absolute Gasteiger partial charge is 0.270 e. The van der Waals surface area contributed by atoms with Crippen LogP contribution in [0.1, 0.15) is 35.2 Å². The van der Waals surface area contributed by atoms with Gasteiger partial charge in [-0.05, 0) is 36.8 Å².